The highest BCUT2D eigenvalue weighted by Gasteiger charge is 2.18. The molecule has 0 fully saturated rings. The Balaban J connectivity index is 2.01. The number of nitriles is 1. The van der Waals surface area contributed by atoms with Gasteiger partial charge in [-0.05, 0) is 61.2 Å². The number of aromatic hydroxyl groups is 1. The number of pyridine rings is 1. The summed E-state index contributed by atoms with van der Waals surface area (Å²) in [6, 6.07) is 12.7. The number of nitrogens with zero attached hydrogens (tertiary/aromatic N) is 3. The molecule has 0 atom stereocenters. The molecule has 170 valence electrons. The number of rotatable bonds is 7. The maximum Gasteiger partial charge on any atom is 0.271 e. The highest BCUT2D eigenvalue weighted by Crippen LogP contribution is 2.29. The number of methoxy groups -OCH3 is 2. The van der Waals surface area contributed by atoms with Crippen molar-refractivity contribution < 1.29 is 14.6 Å². The van der Waals surface area contributed by atoms with Gasteiger partial charge >= 0.3 is 0 Å². The molecule has 0 saturated carbocycles. The number of halogens is 1. The molecule has 3 rings (SSSR count). The van der Waals surface area contributed by atoms with E-state index in [1.54, 1.807) is 45.4 Å². The molecule has 0 radical (unpaired) electrons. The highest BCUT2D eigenvalue weighted by molar-refractivity contribution is 6.31. The standard InChI is InChI=1S/C25H24ClN3O4/c1-15-18(13-27)24(30)29(11-10-17-8-9-22(32-3)23(12-17)33-4)25(31)19(15)14-28-21-7-5-6-20(26)16(21)2/h5-9,12,14,31H,10-11H2,1-4H3. The molecular formula is C25H24ClN3O4. The van der Waals surface area contributed by atoms with E-state index in [0.717, 1.165) is 11.1 Å². The monoisotopic (exact) mass is 465 g/mol. The zero-order valence-electron chi connectivity index (χ0n) is 18.8. The molecule has 1 N–H and O–H groups in total. The van der Waals surface area contributed by atoms with Crippen LogP contribution in [-0.4, -0.2) is 30.1 Å². The van der Waals surface area contributed by atoms with Crippen molar-refractivity contribution in [3.63, 3.8) is 0 Å². The molecule has 2 aromatic carbocycles. The summed E-state index contributed by atoms with van der Waals surface area (Å²) in [5, 5.41) is 21.1. The van der Waals surface area contributed by atoms with Gasteiger partial charge in [-0.15, -0.1) is 0 Å². The van der Waals surface area contributed by atoms with Gasteiger partial charge in [-0.3, -0.25) is 14.4 Å². The van der Waals surface area contributed by atoms with Crippen LogP contribution in [0.3, 0.4) is 0 Å². The predicted molar refractivity (Wildman–Crippen MR) is 129 cm³/mol. The third-order valence-electron chi connectivity index (χ3n) is 5.49. The first kappa shape index (κ1) is 23.9. The maximum atomic E-state index is 12.9. The molecule has 8 heteroatoms. The van der Waals surface area contributed by atoms with E-state index in [-0.39, 0.29) is 18.0 Å². The molecule has 0 spiro atoms. The molecule has 0 amide bonds. The van der Waals surface area contributed by atoms with E-state index in [1.807, 2.05) is 25.1 Å². The molecular weight excluding hydrogens is 442 g/mol. The van der Waals surface area contributed by atoms with Gasteiger partial charge < -0.3 is 14.6 Å². The summed E-state index contributed by atoms with van der Waals surface area (Å²) in [5.41, 5.74) is 2.37. The topological polar surface area (TPSA) is 96.8 Å². The number of aryl methyl sites for hydroxylation is 1. The van der Waals surface area contributed by atoms with E-state index in [9.17, 15) is 15.2 Å². The largest absolute Gasteiger partial charge is 0.494 e. The Kier molecular flexibility index (Phi) is 7.41. The van der Waals surface area contributed by atoms with Crippen LogP contribution in [0.15, 0.2) is 46.2 Å². The predicted octanol–water partition coefficient (Wildman–Crippen LogP) is 4.71. The maximum absolute atomic E-state index is 12.9. The summed E-state index contributed by atoms with van der Waals surface area (Å²) in [5.74, 6) is 0.913. The fourth-order valence-corrected chi connectivity index (χ4v) is 3.65. The van der Waals surface area contributed by atoms with Gasteiger partial charge in [-0.1, -0.05) is 23.7 Å². The molecule has 1 aromatic heterocycles. The molecule has 0 saturated heterocycles. The van der Waals surface area contributed by atoms with Crippen LogP contribution >= 0.6 is 11.6 Å². The third-order valence-corrected chi connectivity index (χ3v) is 5.90. The minimum atomic E-state index is -0.552. The second kappa shape index (κ2) is 10.2. The van der Waals surface area contributed by atoms with Crippen LogP contribution < -0.4 is 15.0 Å². The van der Waals surface area contributed by atoms with Gasteiger partial charge in [-0.2, -0.15) is 5.26 Å². The van der Waals surface area contributed by atoms with Crippen molar-refractivity contribution >= 4 is 23.5 Å². The first-order valence-corrected chi connectivity index (χ1v) is 10.6. The second-order valence-corrected chi connectivity index (χ2v) is 7.79. The van der Waals surface area contributed by atoms with E-state index in [4.69, 9.17) is 21.1 Å². The molecule has 0 bridgehead atoms. The van der Waals surface area contributed by atoms with Crippen LogP contribution in [-0.2, 0) is 13.0 Å². The van der Waals surface area contributed by atoms with Crippen molar-refractivity contribution in [2.24, 2.45) is 4.99 Å². The van der Waals surface area contributed by atoms with Crippen LogP contribution in [0.5, 0.6) is 17.4 Å². The minimum absolute atomic E-state index is 0.0376. The van der Waals surface area contributed by atoms with Crippen LogP contribution in [0.25, 0.3) is 0 Å². The van der Waals surface area contributed by atoms with Gasteiger partial charge in [0.25, 0.3) is 5.56 Å². The average Bonchev–Trinajstić information content (AvgIpc) is 2.81. The van der Waals surface area contributed by atoms with Crippen molar-refractivity contribution in [2.45, 2.75) is 26.8 Å². The lowest BCUT2D eigenvalue weighted by Gasteiger charge is -2.15. The fraction of sp³-hybridized carbons (Fsp3) is 0.240. The Morgan fingerprint density at radius 3 is 2.55 bits per heavy atom. The Morgan fingerprint density at radius 2 is 1.88 bits per heavy atom. The van der Waals surface area contributed by atoms with E-state index in [0.29, 0.717) is 39.8 Å². The Hall–Kier alpha value is -3.76. The molecule has 1 heterocycles. The Bertz CT molecular complexity index is 1320. The lowest BCUT2D eigenvalue weighted by Crippen LogP contribution is -2.26. The van der Waals surface area contributed by atoms with Gasteiger partial charge in [0.15, 0.2) is 11.5 Å². The van der Waals surface area contributed by atoms with Crippen molar-refractivity contribution in [1.29, 1.82) is 5.26 Å². The number of ether oxygens (including phenoxy) is 2. The zero-order valence-corrected chi connectivity index (χ0v) is 19.6. The lowest BCUT2D eigenvalue weighted by atomic mass is 10.1. The number of benzene rings is 2. The molecule has 0 aliphatic heterocycles. The molecule has 33 heavy (non-hydrogen) atoms. The molecule has 0 unspecified atom stereocenters. The summed E-state index contributed by atoms with van der Waals surface area (Å²) in [6.07, 6.45) is 1.88. The summed E-state index contributed by atoms with van der Waals surface area (Å²) < 4.78 is 11.8. The van der Waals surface area contributed by atoms with Crippen LogP contribution in [0.2, 0.25) is 5.02 Å². The summed E-state index contributed by atoms with van der Waals surface area (Å²) in [7, 11) is 3.10. The van der Waals surface area contributed by atoms with Crippen molar-refractivity contribution in [3.05, 3.63) is 79.6 Å². The van der Waals surface area contributed by atoms with E-state index in [1.165, 1.54) is 10.8 Å². The number of aromatic nitrogens is 1. The smallest absolute Gasteiger partial charge is 0.271 e. The average molecular weight is 466 g/mol. The quantitative estimate of drug-likeness (QED) is 0.510. The lowest BCUT2D eigenvalue weighted by molar-refractivity contribution is 0.354. The van der Waals surface area contributed by atoms with Crippen molar-refractivity contribution in [2.75, 3.05) is 14.2 Å². The SMILES string of the molecule is COc1ccc(CCn2c(O)c(C=Nc3cccc(Cl)c3C)c(C)c(C#N)c2=O)cc1OC. The minimum Gasteiger partial charge on any atom is -0.494 e. The van der Waals surface area contributed by atoms with Crippen LogP contribution in [0, 0.1) is 25.2 Å². The van der Waals surface area contributed by atoms with E-state index < -0.39 is 5.56 Å². The summed E-state index contributed by atoms with van der Waals surface area (Å²) in [6.45, 7) is 3.61. The van der Waals surface area contributed by atoms with Crippen LogP contribution in [0.4, 0.5) is 5.69 Å². The van der Waals surface area contributed by atoms with Gasteiger partial charge in [0.05, 0.1) is 25.5 Å². The Labute approximate surface area is 197 Å². The number of hydrogen-bond donors (Lipinski definition) is 1. The molecule has 3 aromatic rings. The molecule has 7 nitrogen and oxygen atoms in total. The first-order chi connectivity index (χ1) is 15.8. The van der Waals surface area contributed by atoms with Gasteiger partial charge in [-0.25, -0.2) is 0 Å². The van der Waals surface area contributed by atoms with Gasteiger partial charge in [0.2, 0.25) is 5.88 Å². The summed E-state index contributed by atoms with van der Waals surface area (Å²) in [4.78, 5) is 17.3. The zero-order chi connectivity index (χ0) is 24.1. The van der Waals surface area contributed by atoms with Crippen LogP contribution in [0.1, 0.15) is 27.8 Å². The first-order valence-electron chi connectivity index (χ1n) is 10.2. The van der Waals surface area contributed by atoms with Crippen molar-refractivity contribution in [1.82, 2.24) is 4.57 Å². The van der Waals surface area contributed by atoms with Gasteiger partial charge in [0, 0.05) is 17.8 Å². The number of hydrogen-bond acceptors (Lipinski definition) is 6. The van der Waals surface area contributed by atoms with Gasteiger partial charge in [0.1, 0.15) is 11.6 Å². The van der Waals surface area contributed by atoms with E-state index >= 15 is 0 Å². The van der Waals surface area contributed by atoms with E-state index in [2.05, 4.69) is 4.99 Å². The number of aliphatic imine (C=N–C) groups is 1. The normalized spacial score (nSPS) is 10.9. The highest BCUT2D eigenvalue weighted by atomic mass is 35.5. The second-order valence-electron chi connectivity index (χ2n) is 7.39. The van der Waals surface area contributed by atoms with Crippen molar-refractivity contribution in [3.8, 4) is 23.4 Å². The third kappa shape index (κ3) is 4.86. The summed E-state index contributed by atoms with van der Waals surface area (Å²) >= 11 is 6.16. The molecule has 0 aliphatic rings. The fourth-order valence-electron chi connectivity index (χ4n) is 3.48. The molecule has 0 aliphatic carbocycles. The Morgan fingerprint density at radius 1 is 1.15 bits per heavy atom.